The number of nitrogens with zero attached hydrogens (tertiary/aromatic N) is 1. The number of amides is 1. The monoisotopic (exact) mass is 209 g/mol. The minimum absolute atomic E-state index is 0.0255. The van der Waals surface area contributed by atoms with E-state index in [4.69, 9.17) is 6.42 Å². The van der Waals surface area contributed by atoms with Crippen molar-refractivity contribution < 1.29 is 4.79 Å². The maximum atomic E-state index is 11.5. The van der Waals surface area contributed by atoms with Crippen molar-refractivity contribution in [2.75, 3.05) is 26.7 Å². The summed E-state index contributed by atoms with van der Waals surface area (Å²) in [7, 11) is 2.09. The summed E-state index contributed by atoms with van der Waals surface area (Å²) < 4.78 is 0. The van der Waals surface area contributed by atoms with Crippen LogP contribution in [0.25, 0.3) is 0 Å². The average molecular weight is 209 g/mol. The van der Waals surface area contributed by atoms with Crippen molar-refractivity contribution in [2.24, 2.45) is 0 Å². The molecule has 0 aromatic heterocycles. The molecule has 0 bridgehead atoms. The number of hydrogen-bond acceptors (Lipinski definition) is 3. The fourth-order valence-electron chi connectivity index (χ4n) is 1.79. The van der Waals surface area contributed by atoms with Crippen molar-refractivity contribution in [3.8, 4) is 12.3 Å². The molecule has 0 aromatic carbocycles. The van der Waals surface area contributed by atoms with Gasteiger partial charge in [0.25, 0.3) is 0 Å². The molecule has 1 rings (SSSR count). The largest absolute Gasteiger partial charge is 0.344 e. The van der Waals surface area contributed by atoms with Crippen LogP contribution in [0.5, 0.6) is 0 Å². The molecule has 1 amide bonds. The summed E-state index contributed by atoms with van der Waals surface area (Å²) in [4.78, 5) is 13.7. The van der Waals surface area contributed by atoms with Gasteiger partial charge in [-0.25, -0.2) is 0 Å². The van der Waals surface area contributed by atoms with Crippen LogP contribution in [-0.2, 0) is 4.79 Å². The topological polar surface area (TPSA) is 44.4 Å². The zero-order chi connectivity index (χ0) is 11.3. The Kier molecular flexibility index (Phi) is 4.60. The summed E-state index contributed by atoms with van der Waals surface area (Å²) >= 11 is 0. The summed E-state index contributed by atoms with van der Waals surface area (Å²) in [6.45, 7) is 4.27. The Morgan fingerprint density at radius 3 is 3.00 bits per heavy atom. The predicted molar refractivity (Wildman–Crippen MR) is 60.3 cm³/mol. The second kappa shape index (κ2) is 5.74. The van der Waals surface area contributed by atoms with E-state index >= 15 is 0 Å². The molecule has 2 atom stereocenters. The molecule has 1 aliphatic heterocycles. The van der Waals surface area contributed by atoms with E-state index in [9.17, 15) is 4.79 Å². The van der Waals surface area contributed by atoms with E-state index in [-0.39, 0.29) is 11.9 Å². The van der Waals surface area contributed by atoms with Crippen LogP contribution in [0.1, 0.15) is 13.3 Å². The van der Waals surface area contributed by atoms with Gasteiger partial charge in [0.05, 0.1) is 12.6 Å². The summed E-state index contributed by atoms with van der Waals surface area (Å²) in [5, 5.41) is 5.96. The standard InChI is InChI=1S/C11H19N3O/c1-4-6-12-11(15)9(2)13-10-5-7-14(3)8-10/h1,9-10,13H,5-8H2,2-3H3,(H,12,15). The molecule has 4 heteroatoms. The van der Waals surface area contributed by atoms with Crippen LogP contribution < -0.4 is 10.6 Å². The zero-order valence-corrected chi connectivity index (χ0v) is 9.42. The van der Waals surface area contributed by atoms with Crippen molar-refractivity contribution >= 4 is 5.91 Å². The van der Waals surface area contributed by atoms with E-state index in [1.165, 1.54) is 0 Å². The van der Waals surface area contributed by atoms with Gasteiger partial charge >= 0.3 is 0 Å². The first-order valence-corrected chi connectivity index (χ1v) is 5.29. The molecule has 4 nitrogen and oxygen atoms in total. The third kappa shape index (κ3) is 3.90. The van der Waals surface area contributed by atoms with Crippen LogP contribution in [0.3, 0.4) is 0 Å². The van der Waals surface area contributed by atoms with Crippen molar-refractivity contribution in [3.05, 3.63) is 0 Å². The van der Waals surface area contributed by atoms with Crippen LogP contribution in [0.2, 0.25) is 0 Å². The van der Waals surface area contributed by atoms with Crippen LogP contribution in [0.15, 0.2) is 0 Å². The van der Waals surface area contributed by atoms with Gasteiger partial charge < -0.3 is 15.5 Å². The van der Waals surface area contributed by atoms with Crippen LogP contribution >= 0.6 is 0 Å². The van der Waals surface area contributed by atoms with Crippen molar-refractivity contribution in [1.82, 2.24) is 15.5 Å². The number of carbonyl (C=O) groups excluding carboxylic acids is 1. The lowest BCUT2D eigenvalue weighted by atomic mass is 10.2. The van der Waals surface area contributed by atoms with E-state index in [1.807, 2.05) is 6.92 Å². The Morgan fingerprint density at radius 1 is 1.73 bits per heavy atom. The number of likely N-dealkylation sites (N-methyl/N-ethyl adjacent to an activating group) is 1. The molecule has 0 radical (unpaired) electrons. The maximum Gasteiger partial charge on any atom is 0.237 e. The highest BCUT2D eigenvalue weighted by Crippen LogP contribution is 2.06. The number of nitrogens with one attached hydrogen (secondary N) is 2. The number of hydrogen-bond donors (Lipinski definition) is 2. The zero-order valence-electron chi connectivity index (χ0n) is 9.42. The summed E-state index contributed by atoms with van der Waals surface area (Å²) in [5.74, 6) is 2.36. The Balaban J connectivity index is 2.26. The number of carbonyl (C=O) groups is 1. The van der Waals surface area contributed by atoms with Gasteiger partial charge in [-0.1, -0.05) is 5.92 Å². The summed E-state index contributed by atoms with van der Waals surface area (Å²) in [6.07, 6.45) is 6.17. The maximum absolute atomic E-state index is 11.5. The quantitative estimate of drug-likeness (QED) is 0.609. The summed E-state index contributed by atoms with van der Waals surface area (Å²) in [5.41, 5.74) is 0. The molecule has 0 spiro atoms. The lowest BCUT2D eigenvalue weighted by Gasteiger charge is -2.18. The lowest BCUT2D eigenvalue weighted by molar-refractivity contribution is -0.122. The highest BCUT2D eigenvalue weighted by Gasteiger charge is 2.22. The molecular formula is C11H19N3O. The fraction of sp³-hybridized carbons (Fsp3) is 0.727. The molecule has 1 aliphatic rings. The number of terminal acetylenes is 1. The molecule has 84 valence electrons. The first-order chi connectivity index (χ1) is 7.13. The van der Waals surface area contributed by atoms with Gasteiger partial charge in [0.2, 0.25) is 5.91 Å². The van der Waals surface area contributed by atoms with Gasteiger partial charge in [-0.15, -0.1) is 6.42 Å². The normalized spacial score (nSPS) is 23.4. The predicted octanol–water partition coefficient (Wildman–Crippen LogP) is -0.582. The number of likely N-dealkylation sites (tertiary alicyclic amines) is 1. The molecule has 1 fully saturated rings. The first kappa shape index (κ1) is 12.0. The highest BCUT2D eigenvalue weighted by molar-refractivity contribution is 5.81. The van der Waals surface area contributed by atoms with Crippen molar-refractivity contribution in [1.29, 1.82) is 0 Å². The lowest BCUT2D eigenvalue weighted by Crippen LogP contribution is -2.47. The average Bonchev–Trinajstić information content (AvgIpc) is 2.60. The van der Waals surface area contributed by atoms with Crippen LogP contribution in [0.4, 0.5) is 0 Å². The number of rotatable bonds is 4. The molecule has 0 aliphatic carbocycles. The minimum Gasteiger partial charge on any atom is -0.344 e. The third-order valence-corrected chi connectivity index (χ3v) is 2.64. The van der Waals surface area contributed by atoms with Crippen LogP contribution in [-0.4, -0.2) is 49.6 Å². The van der Waals surface area contributed by atoms with Gasteiger partial charge in [0, 0.05) is 12.6 Å². The van der Waals surface area contributed by atoms with E-state index in [1.54, 1.807) is 0 Å². The smallest absolute Gasteiger partial charge is 0.237 e. The van der Waals surface area contributed by atoms with E-state index < -0.39 is 0 Å². The van der Waals surface area contributed by atoms with E-state index in [0.29, 0.717) is 12.6 Å². The minimum atomic E-state index is -0.171. The van der Waals surface area contributed by atoms with Crippen molar-refractivity contribution in [2.45, 2.75) is 25.4 Å². The third-order valence-electron chi connectivity index (χ3n) is 2.64. The highest BCUT2D eigenvalue weighted by atomic mass is 16.2. The molecular weight excluding hydrogens is 190 g/mol. The molecule has 1 heterocycles. The van der Waals surface area contributed by atoms with Gasteiger partial charge in [0.15, 0.2) is 0 Å². The molecule has 0 saturated carbocycles. The van der Waals surface area contributed by atoms with E-state index in [0.717, 1.165) is 19.5 Å². The second-order valence-electron chi connectivity index (χ2n) is 4.06. The summed E-state index contributed by atoms with van der Waals surface area (Å²) in [6, 6.07) is 0.247. The van der Waals surface area contributed by atoms with Gasteiger partial charge in [-0.3, -0.25) is 4.79 Å². The van der Waals surface area contributed by atoms with E-state index in [2.05, 4.69) is 28.5 Å². The van der Waals surface area contributed by atoms with Gasteiger partial charge in [-0.05, 0) is 26.9 Å². The molecule has 0 aromatic rings. The fourth-order valence-corrected chi connectivity index (χ4v) is 1.79. The molecule has 1 saturated heterocycles. The molecule has 2 N–H and O–H groups in total. The Labute approximate surface area is 91.4 Å². The SMILES string of the molecule is C#CCNC(=O)C(C)NC1CCN(C)C1. The van der Waals surface area contributed by atoms with Gasteiger partial charge in [-0.2, -0.15) is 0 Å². The Hall–Kier alpha value is -1.05. The molecule has 15 heavy (non-hydrogen) atoms. The van der Waals surface area contributed by atoms with Crippen LogP contribution in [0, 0.1) is 12.3 Å². The molecule has 2 unspecified atom stereocenters. The van der Waals surface area contributed by atoms with Crippen molar-refractivity contribution in [3.63, 3.8) is 0 Å². The first-order valence-electron chi connectivity index (χ1n) is 5.29. The second-order valence-corrected chi connectivity index (χ2v) is 4.06. The van der Waals surface area contributed by atoms with Gasteiger partial charge in [0.1, 0.15) is 0 Å². The Bertz CT molecular complexity index is 259. The Morgan fingerprint density at radius 2 is 2.47 bits per heavy atom.